The van der Waals surface area contributed by atoms with E-state index in [2.05, 4.69) is 48.5 Å². The molecule has 5 unspecified atom stereocenters. The van der Waals surface area contributed by atoms with Gasteiger partial charge in [0.25, 0.3) is 0 Å². The van der Waals surface area contributed by atoms with Gasteiger partial charge in [0.05, 0.1) is 0 Å². The molecule has 0 aliphatic heterocycles. The highest BCUT2D eigenvalue weighted by Gasteiger charge is 2.50. The Morgan fingerprint density at radius 3 is 2.00 bits per heavy atom. The van der Waals surface area contributed by atoms with E-state index in [1.807, 2.05) is 0 Å². The van der Waals surface area contributed by atoms with Crippen LogP contribution in [0.4, 0.5) is 0 Å². The Bertz CT molecular complexity index is 292. The minimum Gasteiger partial charge on any atom is -0.0651 e. The van der Waals surface area contributed by atoms with Crippen molar-refractivity contribution in [3.8, 4) is 0 Å². The largest absolute Gasteiger partial charge is 0.0651 e. The van der Waals surface area contributed by atoms with Gasteiger partial charge in [-0.1, -0.05) is 54.9 Å². The standard InChI is InChI=1S/C19H36/c1-8-16(17-11-18(17)19(5,6)7)14(4)13(3)15-9-12(2)10-15/h12-18H,8-11H2,1-7H3. The topological polar surface area (TPSA) is 0 Å². The van der Waals surface area contributed by atoms with Crippen molar-refractivity contribution in [1.82, 2.24) is 0 Å². The molecule has 5 atom stereocenters. The summed E-state index contributed by atoms with van der Waals surface area (Å²) >= 11 is 0. The maximum absolute atomic E-state index is 2.56. The zero-order chi connectivity index (χ0) is 14.4. The minimum atomic E-state index is 0.534. The van der Waals surface area contributed by atoms with Crippen LogP contribution < -0.4 is 0 Å². The quantitative estimate of drug-likeness (QED) is 0.570. The van der Waals surface area contributed by atoms with Crippen molar-refractivity contribution in [2.75, 3.05) is 0 Å². The Balaban J connectivity index is 1.91. The average molecular weight is 264 g/mol. The molecule has 0 aromatic rings. The van der Waals surface area contributed by atoms with E-state index >= 15 is 0 Å². The van der Waals surface area contributed by atoms with E-state index in [9.17, 15) is 0 Å². The summed E-state index contributed by atoms with van der Waals surface area (Å²) in [5.74, 6) is 6.92. The molecule has 0 aromatic heterocycles. The highest BCUT2D eigenvalue weighted by atomic mass is 14.6. The first-order valence-corrected chi connectivity index (χ1v) is 8.75. The lowest BCUT2D eigenvalue weighted by molar-refractivity contribution is 0.0756. The number of rotatable bonds is 5. The molecule has 2 aliphatic carbocycles. The molecule has 0 heteroatoms. The van der Waals surface area contributed by atoms with E-state index in [0.29, 0.717) is 5.41 Å². The van der Waals surface area contributed by atoms with Crippen molar-refractivity contribution in [1.29, 1.82) is 0 Å². The zero-order valence-electron chi connectivity index (χ0n) is 14.4. The lowest BCUT2D eigenvalue weighted by Gasteiger charge is -2.42. The summed E-state index contributed by atoms with van der Waals surface area (Å²) in [4.78, 5) is 0. The van der Waals surface area contributed by atoms with Gasteiger partial charge in [0.2, 0.25) is 0 Å². The van der Waals surface area contributed by atoms with Gasteiger partial charge in [-0.05, 0) is 66.1 Å². The molecular weight excluding hydrogens is 228 g/mol. The van der Waals surface area contributed by atoms with Gasteiger partial charge in [0, 0.05) is 0 Å². The molecule has 2 rings (SSSR count). The Morgan fingerprint density at radius 2 is 1.63 bits per heavy atom. The molecule has 0 saturated heterocycles. The third kappa shape index (κ3) is 3.19. The van der Waals surface area contributed by atoms with Crippen LogP contribution >= 0.6 is 0 Å². The Labute approximate surface area is 121 Å². The van der Waals surface area contributed by atoms with E-state index in [0.717, 1.165) is 41.4 Å². The monoisotopic (exact) mass is 264 g/mol. The fourth-order valence-corrected chi connectivity index (χ4v) is 4.96. The van der Waals surface area contributed by atoms with Crippen LogP contribution in [0, 0.1) is 46.8 Å². The van der Waals surface area contributed by atoms with Crippen LogP contribution in [0.3, 0.4) is 0 Å². The summed E-state index contributed by atoms with van der Waals surface area (Å²) in [5, 5.41) is 0. The molecule has 2 aliphatic rings. The fraction of sp³-hybridized carbons (Fsp3) is 1.00. The predicted octanol–water partition coefficient (Wildman–Crippen LogP) is 6.01. The van der Waals surface area contributed by atoms with Crippen molar-refractivity contribution in [3.63, 3.8) is 0 Å². The Morgan fingerprint density at radius 1 is 1.05 bits per heavy atom. The SMILES string of the molecule is CCC(C(C)C(C)C1CC(C)C1)C1CC1C(C)(C)C. The van der Waals surface area contributed by atoms with Gasteiger partial charge in [0.15, 0.2) is 0 Å². The average Bonchev–Trinajstić information content (AvgIpc) is 3.04. The van der Waals surface area contributed by atoms with E-state index in [4.69, 9.17) is 0 Å². The van der Waals surface area contributed by atoms with Gasteiger partial charge >= 0.3 is 0 Å². The van der Waals surface area contributed by atoms with Crippen molar-refractivity contribution in [2.24, 2.45) is 46.8 Å². The second-order valence-electron chi connectivity index (χ2n) is 9.00. The molecular formula is C19H36. The third-order valence-corrected chi connectivity index (χ3v) is 6.63. The van der Waals surface area contributed by atoms with Crippen LogP contribution in [0.2, 0.25) is 0 Å². The first kappa shape index (κ1) is 15.4. The van der Waals surface area contributed by atoms with Crippen LogP contribution in [0.25, 0.3) is 0 Å². The first-order valence-electron chi connectivity index (χ1n) is 8.75. The molecule has 2 saturated carbocycles. The minimum absolute atomic E-state index is 0.534. The smallest absolute Gasteiger partial charge is 0.0331 e. The summed E-state index contributed by atoms with van der Waals surface area (Å²) < 4.78 is 0. The van der Waals surface area contributed by atoms with Crippen molar-refractivity contribution >= 4 is 0 Å². The molecule has 112 valence electrons. The van der Waals surface area contributed by atoms with Gasteiger partial charge in [-0.3, -0.25) is 0 Å². The second kappa shape index (κ2) is 5.41. The van der Waals surface area contributed by atoms with Gasteiger partial charge in [-0.2, -0.15) is 0 Å². The summed E-state index contributed by atoms with van der Waals surface area (Å²) in [6.45, 7) is 17.2. The molecule has 0 nitrogen and oxygen atoms in total. The highest BCUT2D eigenvalue weighted by Crippen LogP contribution is 2.58. The summed E-state index contributed by atoms with van der Waals surface area (Å²) in [5.41, 5.74) is 0.534. The van der Waals surface area contributed by atoms with E-state index in [1.165, 1.54) is 25.7 Å². The first-order chi connectivity index (χ1) is 8.75. The van der Waals surface area contributed by atoms with Gasteiger partial charge < -0.3 is 0 Å². The maximum atomic E-state index is 2.56. The van der Waals surface area contributed by atoms with Crippen LogP contribution in [-0.2, 0) is 0 Å². The number of hydrogen-bond acceptors (Lipinski definition) is 0. The van der Waals surface area contributed by atoms with Crippen LogP contribution in [0.5, 0.6) is 0 Å². The third-order valence-electron chi connectivity index (χ3n) is 6.63. The fourth-order valence-electron chi connectivity index (χ4n) is 4.96. The van der Waals surface area contributed by atoms with E-state index < -0.39 is 0 Å². The molecule has 2 fully saturated rings. The van der Waals surface area contributed by atoms with Gasteiger partial charge in [-0.15, -0.1) is 0 Å². The van der Waals surface area contributed by atoms with E-state index in [-0.39, 0.29) is 0 Å². The molecule has 0 bridgehead atoms. The molecule has 0 aromatic carbocycles. The molecule has 0 amide bonds. The summed E-state index contributed by atoms with van der Waals surface area (Å²) in [6, 6.07) is 0. The summed E-state index contributed by atoms with van der Waals surface area (Å²) in [6.07, 6.45) is 5.88. The maximum Gasteiger partial charge on any atom is -0.0331 e. The van der Waals surface area contributed by atoms with Gasteiger partial charge in [-0.25, -0.2) is 0 Å². The molecule has 0 radical (unpaired) electrons. The van der Waals surface area contributed by atoms with Crippen LogP contribution in [0.1, 0.15) is 74.1 Å². The normalized spacial score (nSPS) is 39.3. The molecule has 19 heavy (non-hydrogen) atoms. The molecule has 0 N–H and O–H groups in total. The van der Waals surface area contributed by atoms with Crippen LogP contribution in [-0.4, -0.2) is 0 Å². The predicted molar refractivity (Wildman–Crippen MR) is 85.0 cm³/mol. The lowest BCUT2D eigenvalue weighted by Crippen LogP contribution is -2.34. The highest BCUT2D eigenvalue weighted by molar-refractivity contribution is 4.99. The second-order valence-corrected chi connectivity index (χ2v) is 9.00. The molecule has 0 spiro atoms. The van der Waals surface area contributed by atoms with Crippen molar-refractivity contribution in [3.05, 3.63) is 0 Å². The van der Waals surface area contributed by atoms with Crippen LogP contribution in [0.15, 0.2) is 0 Å². The van der Waals surface area contributed by atoms with Gasteiger partial charge in [0.1, 0.15) is 0 Å². The molecule has 0 heterocycles. The number of hydrogen-bond donors (Lipinski definition) is 0. The van der Waals surface area contributed by atoms with E-state index in [1.54, 1.807) is 0 Å². The van der Waals surface area contributed by atoms with Crippen molar-refractivity contribution in [2.45, 2.75) is 74.1 Å². The zero-order valence-corrected chi connectivity index (χ0v) is 14.4. The summed E-state index contributed by atoms with van der Waals surface area (Å²) in [7, 11) is 0. The lowest BCUT2D eigenvalue weighted by atomic mass is 9.63. The Hall–Kier alpha value is 0. The Kier molecular flexibility index (Phi) is 4.38. The van der Waals surface area contributed by atoms with Crippen molar-refractivity contribution < 1.29 is 0 Å².